The number of carboxylic acids is 1. The molecule has 168 valence electrons. The molecule has 0 saturated heterocycles. The number of carbonyl (C=O) groups excluding carboxylic acids is 3. The lowest BCUT2D eigenvalue weighted by Gasteiger charge is -2.25. The number of hydrogen-bond donors (Lipinski definition) is 6. The molecule has 7 N–H and O–H groups in total. The van der Waals surface area contributed by atoms with Crippen LogP contribution in [0, 0.1) is 0 Å². The van der Waals surface area contributed by atoms with Crippen molar-refractivity contribution in [3.8, 4) is 0 Å². The summed E-state index contributed by atoms with van der Waals surface area (Å²) in [6, 6.07) is -4.27. The number of nitrogens with one attached hydrogen (secondary N) is 3. The van der Waals surface area contributed by atoms with E-state index in [2.05, 4.69) is 16.0 Å². The van der Waals surface area contributed by atoms with Gasteiger partial charge in [0.15, 0.2) is 0 Å². The fourth-order valence-corrected chi connectivity index (χ4v) is 3.16. The van der Waals surface area contributed by atoms with Crippen molar-refractivity contribution in [3.63, 3.8) is 0 Å². The molecule has 0 saturated carbocycles. The molecule has 0 aliphatic heterocycles. The third-order valence-corrected chi connectivity index (χ3v) is 5.30. The number of hydrogen-bond acceptors (Lipinski definition) is 8. The smallest absolute Gasteiger partial charge is 0.326 e. The van der Waals surface area contributed by atoms with Gasteiger partial charge >= 0.3 is 5.97 Å². The Morgan fingerprint density at radius 2 is 1.45 bits per heavy atom. The lowest BCUT2D eigenvalue weighted by atomic mass is 10.1. The van der Waals surface area contributed by atoms with E-state index in [1.54, 1.807) is 11.8 Å². The lowest BCUT2D eigenvalue weighted by Crippen LogP contribution is -2.59. The van der Waals surface area contributed by atoms with Crippen LogP contribution in [0.2, 0.25) is 0 Å². The van der Waals surface area contributed by atoms with Crippen molar-refractivity contribution in [3.05, 3.63) is 0 Å². The summed E-state index contributed by atoms with van der Waals surface area (Å²) in [5.41, 5.74) is 5.75. The third-order valence-electron chi connectivity index (χ3n) is 4.01. The van der Waals surface area contributed by atoms with Crippen molar-refractivity contribution in [1.29, 1.82) is 0 Å². The van der Waals surface area contributed by atoms with Gasteiger partial charge in [-0.1, -0.05) is 0 Å². The zero-order valence-electron chi connectivity index (χ0n) is 17.1. The van der Waals surface area contributed by atoms with Gasteiger partial charge in [0, 0.05) is 0 Å². The van der Waals surface area contributed by atoms with E-state index in [4.69, 9.17) is 5.73 Å². The molecule has 10 nitrogen and oxygen atoms in total. The van der Waals surface area contributed by atoms with Crippen molar-refractivity contribution >= 4 is 47.2 Å². The van der Waals surface area contributed by atoms with Crippen LogP contribution in [-0.2, 0) is 19.2 Å². The molecule has 5 unspecified atom stereocenters. The highest BCUT2D eigenvalue weighted by atomic mass is 32.2. The third kappa shape index (κ3) is 10.7. The summed E-state index contributed by atoms with van der Waals surface area (Å²) in [6.07, 6.45) is 3.07. The Hall–Kier alpha value is -1.50. The number of nitrogens with two attached hydrogens (primary N) is 1. The lowest BCUT2D eigenvalue weighted by molar-refractivity contribution is -0.143. The van der Waals surface area contributed by atoms with Gasteiger partial charge in [-0.05, 0) is 50.7 Å². The largest absolute Gasteiger partial charge is 0.480 e. The number of rotatable bonds is 14. The van der Waals surface area contributed by atoms with Crippen LogP contribution in [0.5, 0.6) is 0 Å². The maximum Gasteiger partial charge on any atom is 0.326 e. The number of aliphatic carboxylic acids is 1. The molecule has 0 radical (unpaired) electrons. The Balaban J connectivity index is 4.91. The average Bonchev–Trinajstić information content (AvgIpc) is 2.65. The molecule has 0 aromatic carbocycles. The monoisotopic (exact) mass is 452 g/mol. The Labute approximate surface area is 179 Å². The first kappa shape index (κ1) is 27.5. The van der Waals surface area contributed by atoms with Crippen molar-refractivity contribution in [2.75, 3.05) is 24.0 Å². The summed E-state index contributed by atoms with van der Waals surface area (Å²) in [6.45, 7) is 2.72. The molecule has 0 aromatic rings. The summed E-state index contributed by atoms with van der Waals surface area (Å²) in [4.78, 5) is 48.1. The zero-order valence-corrected chi connectivity index (χ0v) is 18.8. The average molecular weight is 453 g/mol. The van der Waals surface area contributed by atoms with Crippen LogP contribution in [0.4, 0.5) is 0 Å². The second-order valence-corrected chi connectivity index (χ2v) is 8.50. The minimum atomic E-state index is -1.37. The second-order valence-electron chi connectivity index (χ2n) is 6.53. The molecule has 0 rings (SSSR count). The Morgan fingerprint density at radius 1 is 0.897 bits per heavy atom. The first-order chi connectivity index (χ1) is 13.5. The highest BCUT2D eigenvalue weighted by molar-refractivity contribution is 7.98. The molecule has 5 atom stereocenters. The summed E-state index contributed by atoms with van der Waals surface area (Å²) < 4.78 is 0. The number of carbonyl (C=O) groups is 4. The van der Waals surface area contributed by atoms with Gasteiger partial charge in [-0.15, -0.1) is 0 Å². The van der Waals surface area contributed by atoms with Gasteiger partial charge in [-0.3, -0.25) is 14.4 Å². The van der Waals surface area contributed by atoms with Crippen molar-refractivity contribution in [1.82, 2.24) is 16.0 Å². The summed E-state index contributed by atoms with van der Waals surface area (Å²) in [7, 11) is 0. The minimum absolute atomic E-state index is 0.198. The first-order valence-corrected chi connectivity index (χ1v) is 11.9. The quantitative estimate of drug-likeness (QED) is 0.189. The molecule has 3 amide bonds. The van der Waals surface area contributed by atoms with Crippen LogP contribution in [0.15, 0.2) is 0 Å². The van der Waals surface area contributed by atoms with Crippen LogP contribution in [0.3, 0.4) is 0 Å². The van der Waals surface area contributed by atoms with Gasteiger partial charge in [-0.2, -0.15) is 23.5 Å². The van der Waals surface area contributed by atoms with Gasteiger partial charge in [0.2, 0.25) is 17.7 Å². The topological polar surface area (TPSA) is 171 Å². The Bertz CT molecular complexity index is 564. The normalized spacial score (nSPS) is 16.1. The predicted octanol–water partition coefficient (Wildman–Crippen LogP) is -1.24. The van der Waals surface area contributed by atoms with E-state index in [1.165, 1.54) is 25.6 Å². The molecule has 0 aliphatic rings. The first-order valence-electron chi connectivity index (χ1n) is 9.10. The maximum absolute atomic E-state index is 12.4. The van der Waals surface area contributed by atoms with Crippen LogP contribution in [0.25, 0.3) is 0 Å². The van der Waals surface area contributed by atoms with Gasteiger partial charge in [0.05, 0.1) is 12.1 Å². The fourth-order valence-electron chi connectivity index (χ4n) is 2.20. The summed E-state index contributed by atoms with van der Waals surface area (Å²) in [5.74, 6) is -2.01. The molecular weight excluding hydrogens is 420 g/mol. The molecule has 0 fully saturated rings. The van der Waals surface area contributed by atoms with Crippen molar-refractivity contribution in [2.24, 2.45) is 5.73 Å². The molecule has 0 bridgehead atoms. The predicted molar refractivity (Wildman–Crippen MR) is 115 cm³/mol. The van der Waals surface area contributed by atoms with Crippen LogP contribution >= 0.6 is 23.5 Å². The zero-order chi connectivity index (χ0) is 22.6. The molecular formula is C17H32N4O6S2. The number of carboxylic acid groups (broad SMARTS) is 1. The van der Waals surface area contributed by atoms with E-state index in [9.17, 15) is 29.4 Å². The van der Waals surface area contributed by atoms with E-state index in [-0.39, 0.29) is 6.42 Å². The van der Waals surface area contributed by atoms with Crippen LogP contribution in [-0.4, -0.2) is 88.2 Å². The van der Waals surface area contributed by atoms with E-state index in [1.807, 2.05) is 12.5 Å². The number of thioether (sulfide) groups is 2. The maximum atomic E-state index is 12.4. The van der Waals surface area contributed by atoms with Crippen LogP contribution in [0.1, 0.15) is 26.7 Å². The van der Waals surface area contributed by atoms with Crippen LogP contribution < -0.4 is 21.7 Å². The number of aliphatic hydroxyl groups is 1. The standard InChI is InChI=1S/C17H32N4O6S2/c1-9(19-15(24)11(18)5-7-28-3)14(23)21-13(10(2)22)16(25)20-12(17(26)27)6-8-29-4/h9-13,22H,5-8,18H2,1-4H3,(H,19,24)(H,20,25)(H,21,23)(H,26,27). The number of aliphatic hydroxyl groups excluding tert-OH is 1. The van der Waals surface area contributed by atoms with Crippen molar-refractivity contribution < 1.29 is 29.4 Å². The Kier molecular flexibility index (Phi) is 13.7. The molecule has 0 heterocycles. The minimum Gasteiger partial charge on any atom is -0.480 e. The Morgan fingerprint density at radius 3 is 1.93 bits per heavy atom. The molecule has 0 spiro atoms. The molecule has 0 aliphatic carbocycles. The summed E-state index contributed by atoms with van der Waals surface area (Å²) >= 11 is 2.98. The fraction of sp³-hybridized carbons (Fsp3) is 0.765. The van der Waals surface area contributed by atoms with Gasteiger partial charge in [0.25, 0.3) is 0 Å². The SMILES string of the molecule is CSCCC(N)C(=O)NC(C)C(=O)NC(C(=O)NC(CCSC)C(=O)O)C(C)O. The van der Waals surface area contributed by atoms with Crippen molar-refractivity contribution in [2.45, 2.75) is 57.0 Å². The molecule has 12 heteroatoms. The highest BCUT2D eigenvalue weighted by Crippen LogP contribution is 2.04. The van der Waals surface area contributed by atoms with Gasteiger partial charge in [0.1, 0.15) is 18.1 Å². The van der Waals surface area contributed by atoms with E-state index in [0.717, 1.165) is 0 Å². The molecule has 29 heavy (non-hydrogen) atoms. The second kappa shape index (κ2) is 14.5. The highest BCUT2D eigenvalue weighted by Gasteiger charge is 2.31. The number of amides is 3. The van der Waals surface area contributed by atoms with E-state index in [0.29, 0.717) is 17.9 Å². The van der Waals surface area contributed by atoms with Gasteiger partial charge < -0.3 is 31.9 Å². The summed E-state index contributed by atoms with van der Waals surface area (Å²) in [5, 5.41) is 26.2. The van der Waals surface area contributed by atoms with E-state index >= 15 is 0 Å². The molecule has 0 aromatic heterocycles. The van der Waals surface area contributed by atoms with Gasteiger partial charge in [-0.25, -0.2) is 4.79 Å². The van der Waals surface area contributed by atoms with E-state index < -0.39 is 54.0 Å².